The number of carbonyl (C=O) groups is 1. The van der Waals surface area contributed by atoms with E-state index in [-0.39, 0.29) is 12.5 Å². The van der Waals surface area contributed by atoms with E-state index in [1.54, 1.807) is 4.57 Å². The molecule has 0 saturated heterocycles. The fourth-order valence-corrected chi connectivity index (χ4v) is 3.23. The largest absolute Gasteiger partial charge is 0.354 e. The van der Waals surface area contributed by atoms with Crippen molar-refractivity contribution in [2.24, 2.45) is 0 Å². The number of halogens is 1. The third kappa shape index (κ3) is 4.78. The number of carbonyl (C=O) groups excluding carboxylic acids is 1. The van der Waals surface area contributed by atoms with Crippen molar-refractivity contribution >= 4 is 17.5 Å². The lowest BCUT2D eigenvalue weighted by atomic mass is 10.1. The van der Waals surface area contributed by atoms with Crippen molar-refractivity contribution in [2.75, 3.05) is 6.54 Å². The highest BCUT2D eigenvalue weighted by atomic mass is 35.5. The average molecular weight is 421 g/mol. The SMILES string of the molecule is Cc1ccc(-c2noc(-c3cccn3CC(=O)NCCc3ccc(Cl)cc3)n2)cc1. The van der Waals surface area contributed by atoms with E-state index in [1.165, 1.54) is 5.56 Å². The van der Waals surface area contributed by atoms with Crippen LogP contribution < -0.4 is 5.32 Å². The third-order valence-electron chi connectivity index (χ3n) is 4.75. The van der Waals surface area contributed by atoms with Crippen molar-refractivity contribution in [1.82, 2.24) is 20.0 Å². The van der Waals surface area contributed by atoms with Crippen molar-refractivity contribution in [3.63, 3.8) is 0 Å². The van der Waals surface area contributed by atoms with E-state index in [2.05, 4.69) is 15.5 Å². The second kappa shape index (κ2) is 8.97. The lowest BCUT2D eigenvalue weighted by Gasteiger charge is -2.08. The molecule has 1 N–H and O–H groups in total. The Morgan fingerprint density at radius 1 is 1.10 bits per heavy atom. The van der Waals surface area contributed by atoms with Crippen LogP contribution in [0.5, 0.6) is 0 Å². The molecule has 0 aliphatic carbocycles. The van der Waals surface area contributed by atoms with Gasteiger partial charge in [0.05, 0.1) is 0 Å². The predicted octanol–water partition coefficient (Wildman–Crippen LogP) is 4.53. The van der Waals surface area contributed by atoms with Crippen LogP contribution in [0.2, 0.25) is 5.02 Å². The zero-order chi connectivity index (χ0) is 20.9. The molecule has 0 saturated carbocycles. The summed E-state index contributed by atoms with van der Waals surface area (Å²) in [6.07, 6.45) is 2.56. The van der Waals surface area contributed by atoms with Crippen LogP contribution in [0, 0.1) is 6.92 Å². The van der Waals surface area contributed by atoms with Crippen molar-refractivity contribution in [3.8, 4) is 23.0 Å². The molecule has 4 rings (SSSR count). The summed E-state index contributed by atoms with van der Waals surface area (Å²) >= 11 is 5.89. The van der Waals surface area contributed by atoms with Gasteiger partial charge < -0.3 is 14.4 Å². The molecule has 4 aromatic rings. The molecule has 152 valence electrons. The number of hydrogen-bond donors (Lipinski definition) is 1. The first-order chi connectivity index (χ1) is 14.6. The maximum absolute atomic E-state index is 12.4. The van der Waals surface area contributed by atoms with E-state index in [0.717, 1.165) is 17.5 Å². The molecule has 0 bridgehead atoms. The third-order valence-corrected chi connectivity index (χ3v) is 5.00. The number of benzene rings is 2. The Bertz CT molecular complexity index is 1130. The molecule has 6 nitrogen and oxygen atoms in total. The molecule has 0 atom stereocenters. The number of aromatic nitrogens is 3. The van der Waals surface area contributed by atoms with E-state index in [0.29, 0.717) is 29.0 Å². The second-order valence-corrected chi connectivity index (χ2v) is 7.47. The molecule has 1 amide bonds. The Kier molecular flexibility index (Phi) is 5.95. The molecule has 0 fully saturated rings. The highest BCUT2D eigenvalue weighted by molar-refractivity contribution is 6.30. The summed E-state index contributed by atoms with van der Waals surface area (Å²) in [7, 11) is 0. The second-order valence-electron chi connectivity index (χ2n) is 7.04. The summed E-state index contributed by atoms with van der Waals surface area (Å²) in [6, 6.07) is 19.2. The molecular weight excluding hydrogens is 400 g/mol. The number of rotatable bonds is 7. The van der Waals surface area contributed by atoms with Gasteiger partial charge in [0.1, 0.15) is 12.2 Å². The molecule has 0 radical (unpaired) electrons. The van der Waals surface area contributed by atoms with Gasteiger partial charge in [-0.05, 0) is 43.2 Å². The smallest absolute Gasteiger partial charge is 0.274 e. The number of aryl methyl sites for hydroxylation is 1. The maximum Gasteiger partial charge on any atom is 0.274 e. The van der Waals surface area contributed by atoms with Gasteiger partial charge in [-0.15, -0.1) is 0 Å². The molecule has 0 aliphatic heterocycles. The quantitative estimate of drug-likeness (QED) is 0.477. The Morgan fingerprint density at radius 3 is 2.63 bits per heavy atom. The summed E-state index contributed by atoms with van der Waals surface area (Å²) in [5, 5.41) is 7.72. The van der Waals surface area contributed by atoms with Crippen molar-refractivity contribution in [2.45, 2.75) is 19.9 Å². The van der Waals surface area contributed by atoms with Gasteiger partial charge in [0, 0.05) is 23.3 Å². The molecule has 2 aromatic carbocycles. The van der Waals surface area contributed by atoms with Gasteiger partial charge in [-0.1, -0.05) is 58.7 Å². The van der Waals surface area contributed by atoms with Crippen LogP contribution in [0.3, 0.4) is 0 Å². The van der Waals surface area contributed by atoms with Crippen LogP contribution in [0.4, 0.5) is 0 Å². The Labute approximate surface area is 179 Å². The molecule has 7 heteroatoms. The molecule has 2 heterocycles. The topological polar surface area (TPSA) is 73.0 Å². The number of nitrogens with zero attached hydrogens (tertiary/aromatic N) is 3. The van der Waals surface area contributed by atoms with Gasteiger partial charge in [-0.25, -0.2) is 0 Å². The molecule has 0 aliphatic rings. The summed E-state index contributed by atoms with van der Waals surface area (Å²) in [5.41, 5.74) is 3.87. The summed E-state index contributed by atoms with van der Waals surface area (Å²) in [6.45, 7) is 2.75. The fourth-order valence-electron chi connectivity index (χ4n) is 3.10. The van der Waals surface area contributed by atoms with E-state index in [1.807, 2.05) is 73.8 Å². The summed E-state index contributed by atoms with van der Waals surface area (Å²) in [4.78, 5) is 16.9. The van der Waals surface area contributed by atoms with Gasteiger partial charge in [0.2, 0.25) is 11.7 Å². The Hall–Kier alpha value is -3.38. The van der Waals surface area contributed by atoms with Crippen LogP contribution >= 0.6 is 11.6 Å². The normalized spacial score (nSPS) is 10.9. The summed E-state index contributed by atoms with van der Waals surface area (Å²) < 4.78 is 7.24. The van der Waals surface area contributed by atoms with Gasteiger partial charge in [0.15, 0.2) is 0 Å². The highest BCUT2D eigenvalue weighted by Crippen LogP contribution is 2.23. The molecule has 0 unspecified atom stereocenters. The van der Waals surface area contributed by atoms with Crippen molar-refractivity contribution in [3.05, 3.63) is 83.0 Å². The monoisotopic (exact) mass is 420 g/mol. The van der Waals surface area contributed by atoms with Gasteiger partial charge in [-0.2, -0.15) is 4.98 Å². The van der Waals surface area contributed by atoms with Crippen LogP contribution in [0.15, 0.2) is 71.4 Å². The molecule has 30 heavy (non-hydrogen) atoms. The van der Waals surface area contributed by atoms with E-state index in [4.69, 9.17) is 16.1 Å². The molecular formula is C23H21ClN4O2. The first-order valence-corrected chi connectivity index (χ1v) is 10.0. The Balaban J connectivity index is 1.38. The standard InChI is InChI=1S/C23H21ClN4O2/c1-16-4-8-18(9-5-16)22-26-23(30-27-22)20-3-2-14-28(20)15-21(29)25-13-12-17-6-10-19(24)11-7-17/h2-11,14H,12-13,15H2,1H3,(H,25,29). The lowest BCUT2D eigenvalue weighted by Crippen LogP contribution is -2.29. The maximum atomic E-state index is 12.4. The fraction of sp³-hybridized carbons (Fsp3) is 0.174. The number of amides is 1. The van der Waals surface area contributed by atoms with Crippen LogP contribution in [0.1, 0.15) is 11.1 Å². The van der Waals surface area contributed by atoms with Crippen LogP contribution in [0.25, 0.3) is 23.0 Å². The van der Waals surface area contributed by atoms with Crippen LogP contribution in [-0.4, -0.2) is 27.2 Å². The number of hydrogen-bond acceptors (Lipinski definition) is 4. The van der Waals surface area contributed by atoms with Crippen molar-refractivity contribution < 1.29 is 9.32 Å². The Morgan fingerprint density at radius 2 is 1.87 bits per heavy atom. The minimum absolute atomic E-state index is 0.0836. The minimum Gasteiger partial charge on any atom is -0.354 e. The van der Waals surface area contributed by atoms with Gasteiger partial charge in [0.25, 0.3) is 5.89 Å². The zero-order valence-electron chi connectivity index (χ0n) is 16.5. The van der Waals surface area contributed by atoms with Crippen molar-refractivity contribution in [1.29, 1.82) is 0 Å². The molecule has 0 spiro atoms. The van der Waals surface area contributed by atoms with Gasteiger partial charge >= 0.3 is 0 Å². The zero-order valence-corrected chi connectivity index (χ0v) is 17.3. The first-order valence-electron chi connectivity index (χ1n) is 9.66. The van der Waals surface area contributed by atoms with E-state index < -0.39 is 0 Å². The number of nitrogens with one attached hydrogen (secondary N) is 1. The summed E-state index contributed by atoms with van der Waals surface area (Å²) in [5.74, 6) is 0.814. The molecule has 2 aromatic heterocycles. The first kappa shape index (κ1) is 19.9. The van der Waals surface area contributed by atoms with Crippen LogP contribution in [-0.2, 0) is 17.8 Å². The van der Waals surface area contributed by atoms with Gasteiger partial charge in [-0.3, -0.25) is 4.79 Å². The van der Waals surface area contributed by atoms with E-state index >= 15 is 0 Å². The van der Waals surface area contributed by atoms with E-state index in [9.17, 15) is 4.79 Å². The predicted molar refractivity (Wildman–Crippen MR) is 116 cm³/mol. The highest BCUT2D eigenvalue weighted by Gasteiger charge is 2.15. The minimum atomic E-state index is -0.0836. The average Bonchev–Trinajstić information content (AvgIpc) is 3.39. The lowest BCUT2D eigenvalue weighted by molar-refractivity contribution is -0.121.